The summed E-state index contributed by atoms with van der Waals surface area (Å²) < 4.78 is 23.1. The van der Waals surface area contributed by atoms with Crippen LogP contribution in [0.5, 0.6) is 0 Å². The number of anilines is 2. The van der Waals surface area contributed by atoms with Gasteiger partial charge in [-0.1, -0.05) is 0 Å². The maximum absolute atomic E-state index is 14.0. The van der Waals surface area contributed by atoms with Gasteiger partial charge < -0.3 is 10.1 Å². The van der Waals surface area contributed by atoms with Crippen LogP contribution in [0.2, 0.25) is 0 Å². The normalized spacial score (nSPS) is 17.2. The van der Waals surface area contributed by atoms with Crippen LogP contribution in [0.3, 0.4) is 0 Å². The summed E-state index contributed by atoms with van der Waals surface area (Å²) in [4.78, 5) is 9.46. The quantitative estimate of drug-likeness (QED) is 0.380. The SMILES string of the molecule is Cc1ccc(Nc2ccc3c(c2)ncn3-c2ccc([C@@H]3C[C@@H](F)CO3)c(-n3nc(C#N)cc3C)n2)nn1. The first-order valence-corrected chi connectivity index (χ1v) is 11.8. The van der Waals surface area contributed by atoms with Gasteiger partial charge in [0.25, 0.3) is 0 Å². The van der Waals surface area contributed by atoms with E-state index >= 15 is 0 Å². The third-order valence-electron chi connectivity index (χ3n) is 6.25. The van der Waals surface area contributed by atoms with Crippen molar-refractivity contribution in [2.24, 2.45) is 0 Å². The zero-order valence-electron chi connectivity index (χ0n) is 20.1. The fourth-order valence-corrected chi connectivity index (χ4v) is 4.44. The van der Waals surface area contributed by atoms with E-state index in [1.807, 2.05) is 60.9 Å². The van der Waals surface area contributed by atoms with E-state index in [1.54, 1.807) is 17.1 Å². The number of ether oxygens (including phenoxy) is 1. The molecule has 0 aliphatic carbocycles. The molecular formula is C26H22FN9O. The maximum Gasteiger partial charge on any atom is 0.163 e. The Morgan fingerprint density at radius 1 is 1.11 bits per heavy atom. The van der Waals surface area contributed by atoms with Gasteiger partial charge in [-0.05, 0) is 62.4 Å². The summed E-state index contributed by atoms with van der Waals surface area (Å²) in [6.07, 6.45) is 0.469. The van der Waals surface area contributed by atoms with Crippen LogP contribution in [-0.2, 0) is 4.74 Å². The molecule has 0 spiro atoms. The topological polar surface area (TPSA) is 119 Å². The smallest absolute Gasteiger partial charge is 0.163 e. The zero-order chi connectivity index (χ0) is 25.5. The lowest BCUT2D eigenvalue weighted by atomic mass is 10.1. The first-order chi connectivity index (χ1) is 18.0. The molecule has 1 aromatic carbocycles. The molecule has 37 heavy (non-hydrogen) atoms. The highest BCUT2D eigenvalue weighted by atomic mass is 19.1. The van der Waals surface area contributed by atoms with Crippen LogP contribution in [-0.4, -0.2) is 47.3 Å². The number of alkyl halides is 1. The Hall–Kier alpha value is -4.69. The average molecular weight is 496 g/mol. The second kappa shape index (κ2) is 9.07. The van der Waals surface area contributed by atoms with E-state index in [0.717, 1.165) is 33.7 Å². The van der Waals surface area contributed by atoms with E-state index < -0.39 is 12.3 Å². The molecular weight excluding hydrogens is 473 g/mol. The molecule has 1 saturated heterocycles. The second-order valence-electron chi connectivity index (χ2n) is 8.93. The van der Waals surface area contributed by atoms with Crippen LogP contribution in [0, 0.1) is 25.2 Å². The van der Waals surface area contributed by atoms with Crippen LogP contribution in [0.1, 0.15) is 35.2 Å². The second-order valence-corrected chi connectivity index (χ2v) is 8.93. The first kappa shape index (κ1) is 22.8. The molecule has 10 nitrogen and oxygen atoms in total. The summed E-state index contributed by atoms with van der Waals surface area (Å²) in [5.41, 5.74) is 5.02. The van der Waals surface area contributed by atoms with E-state index in [-0.39, 0.29) is 18.7 Å². The van der Waals surface area contributed by atoms with Crippen molar-refractivity contribution in [1.29, 1.82) is 5.26 Å². The highest BCUT2D eigenvalue weighted by Crippen LogP contribution is 2.34. The third kappa shape index (κ3) is 4.28. The van der Waals surface area contributed by atoms with Crippen molar-refractivity contribution in [3.8, 4) is 17.7 Å². The Morgan fingerprint density at radius 3 is 2.73 bits per heavy atom. The Kier molecular flexibility index (Phi) is 5.58. The number of aromatic nitrogens is 7. The van der Waals surface area contributed by atoms with Gasteiger partial charge in [0.2, 0.25) is 0 Å². The van der Waals surface area contributed by atoms with Gasteiger partial charge in [0, 0.05) is 23.4 Å². The Bertz CT molecular complexity index is 1650. The van der Waals surface area contributed by atoms with Crippen LogP contribution < -0.4 is 5.32 Å². The zero-order valence-corrected chi connectivity index (χ0v) is 20.1. The number of imidazole rings is 1. The molecule has 0 radical (unpaired) electrons. The highest BCUT2D eigenvalue weighted by Gasteiger charge is 2.30. The molecule has 0 unspecified atom stereocenters. The molecule has 1 aliphatic rings. The molecule has 11 heteroatoms. The van der Waals surface area contributed by atoms with Gasteiger partial charge in [-0.25, -0.2) is 19.0 Å². The molecule has 1 fully saturated rings. The van der Waals surface area contributed by atoms with E-state index in [0.29, 0.717) is 17.5 Å². The molecule has 1 N–H and O–H groups in total. The summed E-state index contributed by atoms with van der Waals surface area (Å²) in [5.74, 6) is 1.74. The molecule has 2 atom stereocenters. The Labute approximate surface area is 211 Å². The Morgan fingerprint density at radius 2 is 2.00 bits per heavy atom. The molecule has 0 saturated carbocycles. The van der Waals surface area contributed by atoms with Crippen LogP contribution in [0.15, 0.2) is 54.9 Å². The van der Waals surface area contributed by atoms with Gasteiger partial charge in [-0.15, -0.1) is 5.10 Å². The number of nitrogens with one attached hydrogen (secondary N) is 1. The van der Waals surface area contributed by atoms with Crippen molar-refractivity contribution in [3.63, 3.8) is 0 Å². The number of hydrogen-bond donors (Lipinski definition) is 1. The van der Waals surface area contributed by atoms with Crippen molar-refractivity contribution in [3.05, 3.63) is 77.5 Å². The van der Waals surface area contributed by atoms with Gasteiger partial charge in [-0.3, -0.25) is 4.57 Å². The Balaban J connectivity index is 1.40. The van der Waals surface area contributed by atoms with Crippen molar-refractivity contribution in [2.75, 3.05) is 11.9 Å². The summed E-state index contributed by atoms with van der Waals surface area (Å²) in [6.45, 7) is 3.78. The van der Waals surface area contributed by atoms with Gasteiger partial charge >= 0.3 is 0 Å². The van der Waals surface area contributed by atoms with Crippen LogP contribution in [0.4, 0.5) is 15.9 Å². The monoisotopic (exact) mass is 495 g/mol. The fraction of sp³-hybridized carbons (Fsp3) is 0.231. The summed E-state index contributed by atoms with van der Waals surface area (Å²) >= 11 is 0. The van der Waals surface area contributed by atoms with Crippen LogP contribution in [0.25, 0.3) is 22.7 Å². The largest absolute Gasteiger partial charge is 0.370 e. The number of nitriles is 1. The standard InChI is InChI=1S/C26H22FN9O/c1-15-3-7-24(33-32-15)30-18-4-6-22-21(11-18)29-14-35(22)25-8-5-20(23-10-17(27)13-37-23)26(31-25)36-16(2)9-19(12-28)34-36/h3-9,11,14,17,23H,10,13H2,1-2H3,(H,30,33)/t17-,23+/m1/s1. The molecule has 6 rings (SSSR count). The van der Waals surface area contributed by atoms with Crippen LogP contribution >= 0.6 is 0 Å². The molecule has 0 bridgehead atoms. The lowest BCUT2D eigenvalue weighted by Crippen LogP contribution is -2.12. The molecule has 0 amide bonds. The molecule has 5 aromatic rings. The molecule has 184 valence electrons. The summed E-state index contributed by atoms with van der Waals surface area (Å²) in [6, 6.07) is 17.0. The highest BCUT2D eigenvalue weighted by molar-refractivity contribution is 5.82. The number of fused-ring (bicyclic) bond motifs is 1. The number of hydrogen-bond acceptors (Lipinski definition) is 8. The third-order valence-corrected chi connectivity index (χ3v) is 6.25. The van der Waals surface area contributed by atoms with E-state index in [9.17, 15) is 9.65 Å². The summed E-state index contributed by atoms with van der Waals surface area (Å²) in [7, 11) is 0. The lowest BCUT2D eigenvalue weighted by Gasteiger charge is -2.17. The average Bonchev–Trinajstić information content (AvgIpc) is 3.63. The predicted octanol–water partition coefficient (Wildman–Crippen LogP) is 4.43. The van der Waals surface area contributed by atoms with E-state index in [1.165, 1.54) is 0 Å². The maximum atomic E-state index is 14.0. The van der Waals surface area contributed by atoms with Gasteiger partial charge in [-0.2, -0.15) is 15.5 Å². The molecule has 5 heterocycles. The predicted molar refractivity (Wildman–Crippen MR) is 134 cm³/mol. The minimum Gasteiger partial charge on any atom is -0.370 e. The number of benzene rings is 1. The van der Waals surface area contributed by atoms with Gasteiger partial charge in [0.15, 0.2) is 17.3 Å². The van der Waals surface area contributed by atoms with Crippen molar-refractivity contribution >= 4 is 22.5 Å². The van der Waals surface area contributed by atoms with Crippen molar-refractivity contribution in [1.82, 2.24) is 34.5 Å². The first-order valence-electron chi connectivity index (χ1n) is 11.8. The number of pyridine rings is 1. The van der Waals surface area contributed by atoms with Gasteiger partial charge in [0.1, 0.15) is 24.4 Å². The van der Waals surface area contributed by atoms with Crippen molar-refractivity contribution < 1.29 is 9.13 Å². The fourth-order valence-electron chi connectivity index (χ4n) is 4.44. The van der Waals surface area contributed by atoms with E-state index in [4.69, 9.17) is 9.72 Å². The lowest BCUT2D eigenvalue weighted by molar-refractivity contribution is 0.103. The summed E-state index contributed by atoms with van der Waals surface area (Å²) in [5, 5.41) is 25.2. The number of aryl methyl sites for hydroxylation is 2. The van der Waals surface area contributed by atoms with Gasteiger partial charge in [0.05, 0.1) is 29.4 Å². The molecule has 1 aliphatic heterocycles. The minimum absolute atomic E-state index is 0.0457. The number of rotatable bonds is 5. The molecule has 4 aromatic heterocycles. The number of halogens is 1. The minimum atomic E-state index is -1.03. The number of nitrogens with zero attached hydrogens (tertiary/aromatic N) is 8. The van der Waals surface area contributed by atoms with E-state index in [2.05, 4.69) is 31.7 Å². The van der Waals surface area contributed by atoms with Crippen molar-refractivity contribution in [2.45, 2.75) is 32.5 Å².